The first-order valence-electron chi connectivity index (χ1n) is 9.81. The molecule has 0 spiro atoms. The zero-order valence-electron chi connectivity index (χ0n) is 16.8. The Balaban J connectivity index is 1.70. The molecule has 1 N–H and O–H groups in total. The number of benzene rings is 2. The summed E-state index contributed by atoms with van der Waals surface area (Å²) in [7, 11) is 2.17. The van der Waals surface area contributed by atoms with Gasteiger partial charge in [-0.15, -0.1) is 0 Å². The molecule has 1 fully saturated rings. The average Bonchev–Trinajstić information content (AvgIpc) is 2.72. The molecule has 4 rings (SSSR count). The molecule has 0 saturated carbocycles. The molecule has 0 unspecified atom stereocenters. The van der Waals surface area contributed by atoms with Crippen LogP contribution in [-0.4, -0.2) is 48.1 Å². The van der Waals surface area contributed by atoms with Gasteiger partial charge in [0.2, 0.25) is 0 Å². The van der Waals surface area contributed by atoms with Crippen molar-refractivity contribution in [1.29, 1.82) is 0 Å². The fraction of sp³-hybridized carbons (Fsp3) is 0.304. The van der Waals surface area contributed by atoms with Crippen LogP contribution in [0.2, 0.25) is 0 Å². The van der Waals surface area contributed by atoms with Crippen LogP contribution in [-0.2, 0) is 0 Å². The van der Waals surface area contributed by atoms with Crippen LogP contribution in [0.25, 0.3) is 11.4 Å². The molecule has 0 bridgehead atoms. The minimum Gasteiger partial charge on any atom is -0.354 e. The number of aromatic nitrogens is 2. The van der Waals surface area contributed by atoms with Gasteiger partial charge in [0.25, 0.3) is 0 Å². The van der Waals surface area contributed by atoms with E-state index in [2.05, 4.69) is 72.4 Å². The number of aryl methyl sites for hydroxylation is 2. The molecule has 1 aliphatic heterocycles. The summed E-state index contributed by atoms with van der Waals surface area (Å²) in [4.78, 5) is 14.4. The Bertz CT molecular complexity index is 946. The van der Waals surface area contributed by atoms with Crippen LogP contribution in [0.1, 0.15) is 11.1 Å². The SMILES string of the molecule is Cc1ccc(Nc2cc(N3CCN(C)CC3)nc(-c3ccccc3)n2)cc1C. The normalized spacial score (nSPS) is 14.9. The highest BCUT2D eigenvalue weighted by Gasteiger charge is 2.17. The summed E-state index contributed by atoms with van der Waals surface area (Å²) in [6.45, 7) is 8.30. The van der Waals surface area contributed by atoms with Crippen molar-refractivity contribution in [2.45, 2.75) is 13.8 Å². The summed E-state index contributed by atoms with van der Waals surface area (Å²) >= 11 is 0. The topological polar surface area (TPSA) is 44.3 Å². The van der Waals surface area contributed by atoms with Gasteiger partial charge in [-0.25, -0.2) is 9.97 Å². The average molecular weight is 374 g/mol. The molecule has 0 aliphatic carbocycles. The Hall–Kier alpha value is -2.92. The largest absolute Gasteiger partial charge is 0.354 e. The van der Waals surface area contributed by atoms with E-state index in [4.69, 9.17) is 9.97 Å². The number of anilines is 3. The number of likely N-dealkylation sites (N-methyl/N-ethyl adjacent to an activating group) is 1. The van der Waals surface area contributed by atoms with Crippen LogP contribution in [0.15, 0.2) is 54.6 Å². The van der Waals surface area contributed by atoms with E-state index in [0.717, 1.165) is 54.9 Å². The highest BCUT2D eigenvalue weighted by molar-refractivity contribution is 5.66. The number of piperazine rings is 1. The maximum Gasteiger partial charge on any atom is 0.163 e. The number of nitrogens with zero attached hydrogens (tertiary/aromatic N) is 4. The van der Waals surface area contributed by atoms with Gasteiger partial charge in [0.1, 0.15) is 11.6 Å². The fourth-order valence-electron chi connectivity index (χ4n) is 3.38. The molecule has 5 heteroatoms. The summed E-state index contributed by atoms with van der Waals surface area (Å²) in [5, 5.41) is 3.48. The highest BCUT2D eigenvalue weighted by Crippen LogP contribution is 2.26. The second-order valence-corrected chi connectivity index (χ2v) is 7.52. The lowest BCUT2D eigenvalue weighted by molar-refractivity contribution is 0.312. The molecular weight excluding hydrogens is 346 g/mol. The highest BCUT2D eigenvalue weighted by atomic mass is 15.3. The lowest BCUT2D eigenvalue weighted by Crippen LogP contribution is -2.44. The van der Waals surface area contributed by atoms with Crippen LogP contribution in [0.5, 0.6) is 0 Å². The zero-order chi connectivity index (χ0) is 19.5. The van der Waals surface area contributed by atoms with E-state index in [1.54, 1.807) is 0 Å². The minimum absolute atomic E-state index is 0.753. The standard InChI is InChI=1S/C23H27N5/c1-17-9-10-20(15-18(17)2)24-21-16-22(28-13-11-27(3)12-14-28)26-23(25-21)19-7-5-4-6-8-19/h4-10,15-16H,11-14H2,1-3H3,(H,24,25,26). The Morgan fingerprint density at radius 2 is 1.57 bits per heavy atom. The monoisotopic (exact) mass is 373 g/mol. The van der Waals surface area contributed by atoms with Gasteiger partial charge >= 0.3 is 0 Å². The predicted molar refractivity (Wildman–Crippen MR) is 116 cm³/mol. The first kappa shape index (κ1) is 18.4. The second kappa shape index (κ2) is 7.98. The summed E-state index contributed by atoms with van der Waals surface area (Å²) in [6.07, 6.45) is 0. The number of hydrogen-bond donors (Lipinski definition) is 1. The van der Waals surface area contributed by atoms with Crippen molar-refractivity contribution in [3.63, 3.8) is 0 Å². The van der Waals surface area contributed by atoms with E-state index in [1.807, 2.05) is 18.2 Å². The molecule has 3 aromatic rings. The van der Waals surface area contributed by atoms with Crippen LogP contribution < -0.4 is 10.2 Å². The maximum absolute atomic E-state index is 4.88. The number of nitrogens with one attached hydrogen (secondary N) is 1. The zero-order valence-corrected chi connectivity index (χ0v) is 16.8. The van der Waals surface area contributed by atoms with E-state index in [1.165, 1.54) is 11.1 Å². The number of hydrogen-bond acceptors (Lipinski definition) is 5. The van der Waals surface area contributed by atoms with Crippen molar-refractivity contribution >= 4 is 17.3 Å². The molecule has 144 valence electrons. The van der Waals surface area contributed by atoms with Crippen molar-refractivity contribution in [3.8, 4) is 11.4 Å². The molecule has 1 aliphatic rings. The van der Waals surface area contributed by atoms with Crippen LogP contribution in [0.3, 0.4) is 0 Å². The molecule has 0 radical (unpaired) electrons. The Morgan fingerprint density at radius 1 is 0.821 bits per heavy atom. The van der Waals surface area contributed by atoms with Gasteiger partial charge in [-0.2, -0.15) is 0 Å². The molecular formula is C23H27N5. The first-order valence-corrected chi connectivity index (χ1v) is 9.81. The summed E-state index contributed by atoms with van der Waals surface area (Å²) in [5.41, 5.74) is 4.63. The van der Waals surface area contributed by atoms with Gasteiger partial charge in [0.05, 0.1) is 0 Å². The minimum atomic E-state index is 0.753. The molecule has 1 aromatic heterocycles. The molecule has 1 saturated heterocycles. The molecule has 2 aromatic carbocycles. The van der Waals surface area contributed by atoms with Crippen LogP contribution in [0.4, 0.5) is 17.3 Å². The molecule has 0 amide bonds. The summed E-state index contributed by atoms with van der Waals surface area (Å²) in [5.74, 6) is 2.56. The Morgan fingerprint density at radius 3 is 2.29 bits per heavy atom. The van der Waals surface area contributed by atoms with Crippen molar-refractivity contribution in [3.05, 3.63) is 65.7 Å². The maximum atomic E-state index is 4.88. The van der Waals surface area contributed by atoms with E-state index in [-0.39, 0.29) is 0 Å². The van der Waals surface area contributed by atoms with E-state index >= 15 is 0 Å². The third-order valence-electron chi connectivity index (χ3n) is 5.35. The van der Waals surface area contributed by atoms with Gasteiger partial charge in [-0.1, -0.05) is 36.4 Å². The lowest BCUT2D eigenvalue weighted by atomic mass is 10.1. The summed E-state index contributed by atoms with van der Waals surface area (Å²) in [6, 6.07) is 18.6. The van der Waals surface area contributed by atoms with Crippen LogP contribution in [0, 0.1) is 13.8 Å². The quantitative estimate of drug-likeness (QED) is 0.740. The van der Waals surface area contributed by atoms with Gasteiger partial charge in [0, 0.05) is 43.5 Å². The van der Waals surface area contributed by atoms with Crippen molar-refractivity contribution in [2.75, 3.05) is 43.4 Å². The van der Waals surface area contributed by atoms with E-state index in [0.29, 0.717) is 0 Å². The Labute approximate surface area is 167 Å². The third kappa shape index (κ3) is 4.15. The summed E-state index contributed by atoms with van der Waals surface area (Å²) < 4.78 is 0. The first-order chi connectivity index (χ1) is 13.6. The second-order valence-electron chi connectivity index (χ2n) is 7.52. The smallest absolute Gasteiger partial charge is 0.163 e. The van der Waals surface area contributed by atoms with Crippen molar-refractivity contribution in [1.82, 2.24) is 14.9 Å². The van der Waals surface area contributed by atoms with Crippen molar-refractivity contribution < 1.29 is 0 Å². The molecule has 2 heterocycles. The van der Waals surface area contributed by atoms with E-state index in [9.17, 15) is 0 Å². The number of rotatable bonds is 4. The Kier molecular flexibility index (Phi) is 5.26. The predicted octanol–water partition coefficient (Wildman–Crippen LogP) is 4.26. The molecule has 0 atom stereocenters. The molecule has 28 heavy (non-hydrogen) atoms. The van der Waals surface area contributed by atoms with Gasteiger partial charge < -0.3 is 15.1 Å². The van der Waals surface area contributed by atoms with Gasteiger partial charge in [0.15, 0.2) is 5.82 Å². The van der Waals surface area contributed by atoms with E-state index < -0.39 is 0 Å². The van der Waals surface area contributed by atoms with Gasteiger partial charge in [-0.3, -0.25) is 0 Å². The lowest BCUT2D eigenvalue weighted by Gasteiger charge is -2.33. The van der Waals surface area contributed by atoms with Gasteiger partial charge in [-0.05, 0) is 44.2 Å². The van der Waals surface area contributed by atoms with Crippen LogP contribution >= 0.6 is 0 Å². The third-order valence-corrected chi connectivity index (χ3v) is 5.35. The van der Waals surface area contributed by atoms with Crippen molar-refractivity contribution in [2.24, 2.45) is 0 Å². The fourth-order valence-corrected chi connectivity index (χ4v) is 3.38. The molecule has 5 nitrogen and oxygen atoms in total.